The highest BCUT2D eigenvalue weighted by Crippen LogP contribution is 2.20. The molecule has 1 heterocycles. The number of aliphatic hydroxyl groups is 1. The Hall–Kier alpha value is -1.55. The van der Waals surface area contributed by atoms with E-state index < -0.39 is 0 Å². The van der Waals surface area contributed by atoms with E-state index in [0.717, 1.165) is 38.8 Å². The van der Waals surface area contributed by atoms with Crippen molar-refractivity contribution in [3.8, 4) is 0 Å². The first-order chi connectivity index (χ1) is 11.5. The molecule has 1 aromatic rings. The third-order valence-electron chi connectivity index (χ3n) is 5.07. The fraction of sp³-hybridized carbons (Fsp3) is 0.650. The van der Waals surface area contributed by atoms with Crippen LogP contribution in [0.5, 0.6) is 0 Å². The summed E-state index contributed by atoms with van der Waals surface area (Å²) in [6.45, 7) is 8.45. The molecule has 1 fully saturated rings. The fourth-order valence-electron chi connectivity index (χ4n) is 3.25. The lowest BCUT2D eigenvalue weighted by atomic mass is 9.92. The number of hydrogen-bond acceptors (Lipinski definition) is 2. The molecule has 0 spiro atoms. The summed E-state index contributed by atoms with van der Waals surface area (Å²) in [5.74, 6) is 0.902. The zero-order chi connectivity index (χ0) is 17.5. The molecule has 1 saturated heterocycles. The van der Waals surface area contributed by atoms with Crippen LogP contribution < -0.4 is 5.32 Å². The third-order valence-corrected chi connectivity index (χ3v) is 5.07. The van der Waals surface area contributed by atoms with Crippen molar-refractivity contribution in [2.75, 3.05) is 19.6 Å². The molecule has 24 heavy (non-hydrogen) atoms. The number of rotatable bonds is 6. The Morgan fingerprint density at radius 1 is 1.21 bits per heavy atom. The van der Waals surface area contributed by atoms with Gasteiger partial charge in [-0.1, -0.05) is 38.1 Å². The van der Waals surface area contributed by atoms with Gasteiger partial charge in [0.15, 0.2) is 0 Å². The van der Waals surface area contributed by atoms with Gasteiger partial charge in [0.05, 0.1) is 6.10 Å². The summed E-state index contributed by atoms with van der Waals surface area (Å²) in [7, 11) is 0. The van der Waals surface area contributed by atoms with Crippen LogP contribution in [0.2, 0.25) is 0 Å². The minimum atomic E-state index is -0.266. The van der Waals surface area contributed by atoms with Crippen molar-refractivity contribution in [1.82, 2.24) is 10.2 Å². The van der Waals surface area contributed by atoms with E-state index in [1.807, 2.05) is 11.8 Å². The van der Waals surface area contributed by atoms with E-state index in [0.29, 0.717) is 18.4 Å². The SMILES string of the molecule is CC(C)c1ccc(CCCNC(=O)N2CCC(C(C)O)CC2)cc1. The van der Waals surface area contributed by atoms with Gasteiger partial charge >= 0.3 is 6.03 Å². The number of aryl methyl sites for hydroxylation is 1. The van der Waals surface area contributed by atoms with Crippen LogP contribution in [0.15, 0.2) is 24.3 Å². The number of amides is 2. The molecule has 134 valence electrons. The molecule has 2 amide bonds. The summed E-state index contributed by atoms with van der Waals surface area (Å²) in [6, 6.07) is 8.82. The Labute approximate surface area is 146 Å². The van der Waals surface area contributed by atoms with Gasteiger partial charge in [-0.25, -0.2) is 4.79 Å². The van der Waals surface area contributed by atoms with Gasteiger partial charge in [-0.2, -0.15) is 0 Å². The van der Waals surface area contributed by atoms with Crippen molar-refractivity contribution in [3.63, 3.8) is 0 Å². The van der Waals surface area contributed by atoms with Crippen molar-refractivity contribution in [2.45, 2.75) is 58.5 Å². The van der Waals surface area contributed by atoms with Gasteiger partial charge in [-0.15, -0.1) is 0 Å². The fourth-order valence-corrected chi connectivity index (χ4v) is 3.25. The Bertz CT molecular complexity index is 503. The number of carbonyl (C=O) groups excluding carboxylic acids is 1. The van der Waals surface area contributed by atoms with Crippen molar-refractivity contribution in [2.24, 2.45) is 5.92 Å². The molecule has 2 rings (SSSR count). The molecule has 0 aliphatic carbocycles. The summed E-state index contributed by atoms with van der Waals surface area (Å²) in [6.07, 6.45) is 3.47. The van der Waals surface area contributed by atoms with Gasteiger partial charge in [0.25, 0.3) is 0 Å². The average molecular weight is 332 g/mol. The molecule has 0 radical (unpaired) electrons. The van der Waals surface area contributed by atoms with Crippen molar-refractivity contribution < 1.29 is 9.90 Å². The van der Waals surface area contributed by atoms with E-state index in [1.54, 1.807) is 0 Å². The highest BCUT2D eigenvalue weighted by Gasteiger charge is 2.25. The lowest BCUT2D eigenvalue weighted by molar-refractivity contribution is 0.0798. The lowest BCUT2D eigenvalue weighted by Crippen LogP contribution is -2.46. The molecule has 1 unspecified atom stereocenters. The zero-order valence-electron chi connectivity index (χ0n) is 15.3. The molecule has 1 aliphatic heterocycles. The predicted octanol–water partition coefficient (Wildman–Crippen LogP) is 3.55. The van der Waals surface area contributed by atoms with Crippen molar-refractivity contribution in [3.05, 3.63) is 35.4 Å². The second-order valence-electron chi connectivity index (χ2n) is 7.30. The van der Waals surface area contributed by atoms with Crippen LogP contribution in [0.4, 0.5) is 4.79 Å². The molecule has 0 bridgehead atoms. The van der Waals surface area contributed by atoms with E-state index in [-0.39, 0.29) is 12.1 Å². The van der Waals surface area contributed by atoms with Gasteiger partial charge < -0.3 is 15.3 Å². The van der Waals surface area contributed by atoms with E-state index in [4.69, 9.17) is 0 Å². The molecule has 4 heteroatoms. The number of urea groups is 1. The predicted molar refractivity (Wildman–Crippen MR) is 98.2 cm³/mol. The molecular weight excluding hydrogens is 300 g/mol. The number of benzene rings is 1. The van der Waals surface area contributed by atoms with E-state index in [9.17, 15) is 9.90 Å². The van der Waals surface area contributed by atoms with Crippen LogP contribution >= 0.6 is 0 Å². The summed E-state index contributed by atoms with van der Waals surface area (Å²) >= 11 is 0. The first-order valence-corrected chi connectivity index (χ1v) is 9.27. The Balaban J connectivity index is 1.64. The van der Waals surface area contributed by atoms with Crippen LogP contribution in [0.3, 0.4) is 0 Å². The van der Waals surface area contributed by atoms with Crippen molar-refractivity contribution in [1.29, 1.82) is 0 Å². The Morgan fingerprint density at radius 3 is 2.38 bits per heavy atom. The molecule has 4 nitrogen and oxygen atoms in total. The topological polar surface area (TPSA) is 52.6 Å². The van der Waals surface area contributed by atoms with Crippen LogP contribution in [0.25, 0.3) is 0 Å². The van der Waals surface area contributed by atoms with E-state index in [1.165, 1.54) is 11.1 Å². The molecular formula is C20H32N2O2. The van der Waals surface area contributed by atoms with Gasteiger partial charge in [0, 0.05) is 19.6 Å². The average Bonchev–Trinajstić information content (AvgIpc) is 2.59. The van der Waals surface area contributed by atoms with Crippen molar-refractivity contribution >= 4 is 6.03 Å². The Kier molecular flexibility index (Phi) is 7.10. The number of likely N-dealkylation sites (tertiary alicyclic amines) is 1. The zero-order valence-corrected chi connectivity index (χ0v) is 15.3. The summed E-state index contributed by atoms with van der Waals surface area (Å²) < 4.78 is 0. The maximum atomic E-state index is 12.2. The van der Waals surface area contributed by atoms with Gasteiger partial charge in [-0.3, -0.25) is 0 Å². The number of nitrogens with one attached hydrogen (secondary N) is 1. The molecule has 2 N–H and O–H groups in total. The lowest BCUT2D eigenvalue weighted by Gasteiger charge is -2.33. The molecule has 1 aliphatic rings. The summed E-state index contributed by atoms with van der Waals surface area (Å²) in [4.78, 5) is 14.0. The summed E-state index contributed by atoms with van der Waals surface area (Å²) in [5.41, 5.74) is 2.69. The molecule has 1 atom stereocenters. The number of carbonyl (C=O) groups is 1. The van der Waals surface area contributed by atoms with Crippen LogP contribution in [-0.4, -0.2) is 41.8 Å². The maximum absolute atomic E-state index is 12.2. The molecule has 0 saturated carbocycles. The first kappa shape index (κ1) is 18.8. The second-order valence-corrected chi connectivity index (χ2v) is 7.30. The van der Waals surface area contributed by atoms with Crippen LogP contribution in [-0.2, 0) is 6.42 Å². The number of nitrogens with zero attached hydrogens (tertiary/aromatic N) is 1. The highest BCUT2D eigenvalue weighted by atomic mass is 16.3. The van der Waals surface area contributed by atoms with E-state index in [2.05, 4.69) is 43.4 Å². The quantitative estimate of drug-likeness (QED) is 0.783. The van der Waals surface area contributed by atoms with Gasteiger partial charge in [0.1, 0.15) is 0 Å². The minimum Gasteiger partial charge on any atom is -0.393 e. The van der Waals surface area contributed by atoms with Gasteiger partial charge in [-0.05, 0) is 55.6 Å². The minimum absolute atomic E-state index is 0.0363. The summed E-state index contributed by atoms with van der Waals surface area (Å²) in [5, 5.41) is 12.6. The van der Waals surface area contributed by atoms with Gasteiger partial charge in [0.2, 0.25) is 0 Å². The monoisotopic (exact) mass is 332 g/mol. The standard InChI is InChI=1S/C20H32N2O2/c1-15(2)18-8-6-17(7-9-18)5-4-12-21-20(24)22-13-10-19(11-14-22)16(3)23/h6-9,15-16,19,23H,4-5,10-14H2,1-3H3,(H,21,24). The number of aliphatic hydroxyl groups excluding tert-OH is 1. The number of hydrogen-bond donors (Lipinski definition) is 2. The second kappa shape index (κ2) is 9.07. The maximum Gasteiger partial charge on any atom is 0.317 e. The Morgan fingerprint density at radius 2 is 1.83 bits per heavy atom. The highest BCUT2D eigenvalue weighted by molar-refractivity contribution is 5.74. The van der Waals surface area contributed by atoms with Crippen LogP contribution in [0.1, 0.15) is 57.1 Å². The largest absolute Gasteiger partial charge is 0.393 e. The number of piperidine rings is 1. The molecule has 0 aromatic heterocycles. The van der Waals surface area contributed by atoms with E-state index >= 15 is 0 Å². The van der Waals surface area contributed by atoms with Crippen LogP contribution in [0, 0.1) is 5.92 Å². The molecule has 1 aromatic carbocycles. The third kappa shape index (κ3) is 5.52. The first-order valence-electron chi connectivity index (χ1n) is 9.27. The normalized spacial score (nSPS) is 17.1. The smallest absolute Gasteiger partial charge is 0.317 e.